The van der Waals surface area contributed by atoms with Crippen molar-refractivity contribution in [3.05, 3.63) is 63.4 Å². The molecule has 1 unspecified atom stereocenters. The Morgan fingerprint density at radius 2 is 1.94 bits per heavy atom. The summed E-state index contributed by atoms with van der Waals surface area (Å²) in [6, 6.07) is 9.86. The summed E-state index contributed by atoms with van der Waals surface area (Å²) in [6.07, 6.45) is 1.62. The molecular weight excluding hydrogens is 267 g/mol. The van der Waals surface area contributed by atoms with E-state index in [9.17, 15) is 0 Å². The molecule has 0 aliphatic rings. The lowest BCUT2D eigenvalue weighted by molar-refractivity contribution is 0.667. The number of benzene rings is 1. The predicted octanol–water partition coefficient (Wildman–Crippen LogP) is 4.01. The molecule has 94 valence electrons. The lowest BCUT2D eigenvalue weighted by atomic mass is 9.98. The summed E-state index contributed by atoms with van der Waals surface area (Å²) in [5, 5.41) is 4.36. The van der Waals surface area contributed by atoms with Crippen LogP contribution in [0.5, 0.6) is 0 Å². The zero-order valence-corrected chi connectivity index (χ0v) is 11.8. The smallest absolute Gasteiger partial charge is 0.0805 e. The van der Waals surface area contributed by atoms with Crippen LogP contribution in [-0.4, -0.2) is 12.0 Å². The second-order valence-electron chi connectivity index (χ2n) is 4.10. The van der Waals surface area contributed by atoms with Crippen molar-refractivity contribution in [2.24, 2.45) is 0 Å². The maximum atomic E-state index is 6.22. The Labute approximate surface area is 117 Å². The van der Waals surface area contributed by atoms with Crippen LogP contribution >= 0.6 is 23.2 Å². The monoisotopic (exact) mass is 280 g/mol. The molecule has 4 heteroatoms. The molecular formula is C14H14Cl2N2. The molecule has 1 atom stereocenters. The molecule has 1 heterocycles. The first-order valence-corrected chi connectivity index (χ1v) is 6.43. The van der Waals surface area contributed by atoms with E-state index in [2.05, 4.69) is 29.4 Å². The standard InChI is InChI=1S/C14H14Cl2N2/c1-9-5-3-4-6-11(9)13(17-2)14-12(16)7-10(15)8-18-14/h3-8,13,17H,1-2H3. The van der Waals surface area contributed by atoms with Crippen LogP contribution in [0.25, 0.3) is 0 Å². The average Bonchev–Trinajstić information content (AvgIpc) is 2.34. The van der Waals surface area contributed by atoms with Crippen LogP contribution in [-0.2, 0) is 0 Å². The van der Waals surface area contributed by atoms with Gasteiger partial charge in [-0.2, -0.15) is 0 Å². The number of rotatable bonds is 3. The second kappa shape index (κ2) is 5.70. The minimum atomic E-state index is -0.0315. The van der Waals surface area contributed by atoms with E-state index >= 15 is 0 Å². The summed E-state index contributed by atoms with van der Waals surface area (Å²) in [6.45, 7) is 2.07. The van der Waals surface area contributed by atoms with E-state index in [-0.39, 0.29) is 6.04 Å². The number of nitrogens with one attached hydrogen (secondary N) is 1. The van der Waals surface area contributed by atoms with Crippen molar-refractivity contribution in [2.45, 2.75) is 13.0 Å². The van der Waals surface area contributed by atoms with Gasteiger partial charge in [0.1, 0.15) is 0 Å². The van der Waals surface area contributed by atoms with Crippen LogP contribution < -0.4 is 5.32 Å². The van der Waals surface area contributed by atoms with Crippen LogP contribution in [0.4, 0.5) is 0 Å². The Hall–Kier alpha value is -1.09. The Bertz CT molecular complexity index is 555. The first-order chi connectivity index (χ1) is 8.63. The first kappa shape index (κ1) is 13.3. The van der Waals surface area contributed by atoms with Crippen molar-refractivity contribution in [1.82, 2.24) is 10.3 Å². The highest BCUT2D eigenvalue weighted by Crippen LogP contribution is 2.29. The van der Waals surface area contributed by atoms with Crippen LogP contribution in [0.3, 0.4) is 0 Å². The zero-order valence-electron chi connectivity index (χ0n) is 10.2. The highest BCUT2D eigenvalue weighted by Gasteiger charge is 2.18. The molecule has 1 aromatic heterocycles. The Balaban J connectivity index is 2.49. The van der Waals surface area contributed by atoms with E-state index in [1.807, 2.05) is 19.2 Å². The van der Waals surface area contributed by atoms with Crippen molar-refractivity contribution in [2.75, 3.05) is 7.05 Å². The summed E-state index contributed by atoms with van der Waals surface area (Å²) in [5.41, 5.74) is 3.15. The molecule has 2 nitrogen and oxygen atoms in total. The normalized spacial score (nSPS) is 12.4. The number of hydrogen-bond acceptors (Lipinski definition) is 2. The van der Waals surface area contributed by atoms with Gasteiger partial charge in [0.05, 0.1) is 21.8 Å². The van der Waals surface area contributed by atoms with E-state index in [0.717, 1.165) is 11.3 Å². The average molecular weight is 281 g/mol. The van der Waals surface area contributed by atoms with Gasteiger partial charge in [-0.1, -0.05) is 47.5 Å². The fraction of sp³-hybridized carbons (Fsp3) is 0.214. The van der Waals surface area contributed by atoms with Gasteiger partial charge < -0.3 is 5.32 Å². The lowest BCUT2D eigenvalue weighted by Crippen LogP contribution is -2.20. The minimum absolute atomic E-state index is 0.0315. The summed E-state index contributed by atoms with van der Waals surface area (Å²) in [4.78, 5) is 4.34. The maximum absolute atomic E-state index is 6.22. The molecule has 0 fully saturated rings. The van der Waals surface area contributed by atoms with Crippen LogP contribution in [0.15, 0.2) is 36.5 Å². The third-order valence-corrected chi connectivity index (χ3v) is 3.41. The molecule has 0 saturated carbocycles. The van der Waals surface area contributed by atoms with Gasteiger partial charge in [-0.05, 0) is 31.2 Å². The highest BCUT2D eigenvalue weighted by molar-refractivity contribution is 6.34. The fourth-order valence-electron chi connectivity index (χ4n) is 1.99. The lowest BCUT2D eigenvalue weighted by Gasteiger charge is -2.19. The van der Waals surface area contributed by atoms with Crippen molar-refractivity contribution in [3.63, 3.8) is 0 Å². The quantitative estimate of drug-likeness (QED) is 0.919. The van der Waals surface area contributed by atoms with Gasteiger partial charge in [0.2, 0.25) is 0 Å². The highest BCUT2D eigenvalue weighted by atomic mass is 35.5. The number of nitrogens with zero attached hydrogens (tertiary/aromatic N) is 1. The fourth-order valence-corrected chi connectivity index (χ4v) is 2.48. The maximum Gasteiger partial charge on any atom is 0.0805 e. The number of pyridine rings is 1. The Morgan fingerprint density at radius 1 is 1.22 bits per heavy atom. The third kappa shape index (κ3) is 2.66. The van der Waals surface area contributed by atoms with E-state index in [1.54, 1.807) is 12.3 Å². The molecule has 0 aliphatic heterocycles. The van der Waals surface area contributed by atoms with Crippen molar-refractivity contribution in [3.8, 4) is 0 Å². The number of hydrogen-bond donors (Lipinski definition) is 1. The molecule has 0 aliphatic carbocycles. The van der Waals surface area contributed by atoms with E-state index in [4.69, 9.17) is 23.2 Å². The van der Waals surface area contributed by atoms with Gasteiger partial charge in [-0.15, -0.1) is 0 Å². The molecule has 0 spiro atoms. The molecule has 0 radical (unpaired) electrons. The molecule has 1 aromatic carbocycles. The van der Waals surface area contributed by atoms with Crippen LogP contribution in [0.2, 0.25) is 10.0 Å². The molecule has 2 rings (SSSR count). The molecule has 0 saturated heterocycles. The first-order valence-electron chi connectivity index (χ1n) is 5.67. The number of aromatic nitrogens is 1. The van der Waals surface area contributed by atoms with Crippen molar-refractivity contribution >= 4 is 23.2 Å². The van der Waals surface area contributed by atoms with Gasteiger partial charge in [0.15, 0.2) is 0 Å². The molecule has 0 amide bonds. The largest absolute Gasteiger partial charge is 0.308 e. The van der Waals surface area contributed by atoms with Gasteiger partial charge in [0.25, 0.3) is 0 Å². The SMILES string of the molecule is CNC(c1ccccc1C)c1ncc(Cl)cc1Cl. The number of halogens is 2. The van der Waals surface area contributed by atoms with Crippen LogP contribution in [0.1, 0.15) is 22.9 Å². The summed E-state index contributed by atoms with van der Waals surface area (Å²) < 4.78 is 0. The van der Waals surface area contributed by atoms with Crippen molar-refractivity contribution < 1.29 is 0 Å². The third-order valence-electron chi connectivity index (χ3n) is 2.90. The van der Waals surface area contributed by atoms with E-state index in [1.165, 1.54) is 5.56 Å². The molecule has 1 N–H and O–H groups in total. The van der Waals surface area contributed by atoms with E-state index in [0.29, 0.717) is 10.0 Å². The van der Waals surface area contributed by atoms with Gasteiger partial charge >= 0.3 is 0 Å². The predicted molar refractivity (Wildman–Crippen MR) is 76.3 cm³/mol. The van der Waals surface area contributed by atoms with Gasteiger partial charge in [0, 0.05) is 6.20 Å². The minimum Gasteiger partial charge on any atom is -0.308 e. The summed E-state index contributed by atoms with van der Waals surface area (Å²) >= 11 is 12.1. The van der Waals surface area contributed by atoms with Crippen LogP contribution in [0, 0.1) is 6.92 Å². The van der Waals surface area contributed by atoms with Gasteiger partial charge in [-0.3, -0.25) is 4.98 Å². The Kier molecular flexibility index (Phi) is 4.23. The number of aryl methyl sites for hydroxylation is 1. The summed E-state index contributed by atoms with van der Waals surface area (Å²) in [5.74, 6) is 0. The Morgan fingerprint density at radius 3 is 2.56 bits per heavy atom. The summed E-state index contributed by atoms with van der Waals surface area (Å²) in [7, 11) is 1.89. The topological polar surface area (TPSA) is 24.9 Å². The van der Waals surface area contributed by atoms with Gasteiger partial charge in [-0.25, -0.2) is 0 Å². The van der Waals surface area contributed by atoms with E-state index < -0.39 is 0 Å². The second-order valence-corrected chi connectivity index (χ2v) is 4.94. The van der Waals surface area contributed by atoms with Crippen molar-refractivity contribution in [1.29, 1.82) is 0 Å². The molecule has 18 heavy (non-hydrogen) atoms. The zero-order chi connectivity index (χ0) is 13.1. The molecule has 0 bridgehead atoms. The molecule has 2 aromatic rings.